The van der Waals surface area contributed by atoms with Crippen molar-refractivity contribution >= 4 is 35.2 Å². The minimum absolute atomic E-state index is 0.0987. The summed E-state index contributed by atoms with van der Waals surface area (Å²) in [7, 11) is 0. The topological polar surface area (TPSA) is 98.6 Å². The van der Waals surface area contributed by atoms with Gasteiger partial charge in [0.2, 0.25) is 0 Å². The van der Waals surface area contributed by atoms with Gasteiger partial charge in [-0.25, -0.2) is 9.48 Å². The summed E-state index contributed by atoms with van der Waals surface area (Å²) in [4.78, 5) is 12.5. The lowest BCUT2D eigenvalue weighted by Crippen LogP contribution is -2.11. The zero-order chi connectivity index (χ0) is 22.1. The first kappa shape index (κ1) is 21.1. The molecule has 0 unspecified atom stereocenters. The van der Waals surface area contributed by atoms with Gasteiger partial charge in [0.15, 0.2) is 12.4 Å². The predicted molar refractivity (Wildman–Crippen MR) is 115 cm³/mol. The van der Waals surface area contributed by atoms with Gasteiger partial charge in [-0.15, -0.1) is 5.10 Å². The molecule has 31 heavy (non-hydrogen) atoms. The minimum atomic E-state index is -0.738. The van der Waals surface area contributed by atoms with Crippen molar-refractivity contribution in [3.05, 3.63) is 62.7 Å². The van der Waals surface area contributed by atoms with Crippen molar-refractivity contribution < 1.29 is 9.53 Å². The molecule has 0 atom stereocenters. The summed E-state index contributed by atoms with van der Waals surface area (Å²) in [6.45, 7) is 3.68. The van der Waals surface area contributed by atoms with E-state index < -0.39 is 5.97 Å². The van der Waals surface area contributed by atoms with Gasteiger partial charge in [0.25, 0.3) is 0 Å². The van der Waals surface area contributed by atoms with E-state index in [1.165, 1.54) is 6.08 Å². The Morgan fingerprint density at radius 2 is 2.13 bits per heavy atom. The van der Waals surface area contributed by atoms with E-state index in [2.05, 4.69) is 15.5 Å². The number of esters is 1. The van der Waals surface area contributed by atoms with Gasteiger partial charge in [0.05, 0.1) is 21.8 Å². The fourth-order valence-corrected chi connectivity index (χ4v) is 3.76. The van der Waals surface area contributed by atoms with Gasteiger partial charge in [0, 0.05) is 11.4 Å². The van der Waals surface area contributed by atoms with Crippen molar-refractivity contribution in [2.75, 3.05) is 0 Å². The molecule has 2 heterocycles. The Kier molecular flexibility index (Phi) is 5.81. The standard InChI is InChI=1S/C21H18Cl2N6O2/c1-12-8-14(13(2)28(12)18-5-3-4-17(22)20(18)23)9-15(10-24)21(30)31-11-19-25-26-27-29(19)16-6-7-16/h3-5,8-9,16H,6-7,11H2,1-2H3/b15-9+. The lowest BCUT2D eigenvalue weighted by molar-refractivity contribution is -0.140. The third-order valence-electron chi connectivity index (χ3n) is 5.07. The van der Waals surface area contributed by atoms with E-state index in [1.807, 2.05) is 42.7 Å². The number of rotatable bonds is 6. The SMILES string of the molecule is Cc1cc(/C=C(\C#N)C(=O)OCc2nnnn2C2CC2)c(C)n1-c1cccc(Cl)c1Cl. The second-order valence-electron chi connectivity index (χ2n) is 7.25. The molecule has 2 aromatic heterocycles. The quantitative estimate of drug-likeness (QED) is 0.310. The molecule has 0 bridgehead atoms. The highest BCUT2D eigenvalue weighted by Gasteiger charge is 2.28. The molecule has 10 heteroatoms. The maximum atomic E-state index is 12.5. The van der Waals surface area contributed by atoms with E-state index >= 15 is 0 Å². The fourth-order valence-electron chi connectivity index (χ4n) is 3.38. The molecule has 1 aromatic carbocycles. The van der Waals surface area contributed by atoms with Crippen molar-refractivity contribution in [3.63, 3.8) is 0 Å². The number of hydrogen-bond acceptors (Lipinski definition) is 6. The molecule has 0 N–H and O–H groups in total. The van der Waals surface area contributed by atoms with E-state index in [0.717, 1.165) is 29.9 Å². The van der Waals surface area contributed by atoms with Crippen LogP contribution in [0.25, 0.3) is 11.8 Å². The molecule has 0 spiro atoms. The van der Waals surface area contributed by atoms with Crippen molar-refractivity contribution in [2.45, 2.75) is 39.3 Å². The molecule has 0 amide bonds. The third kappa shape index (κ3) is 4.20. The Hall–Kier alpha value is -3.15. The van der Waals surface area contributed by atoms with Gasteiger partial charge < -0.3 is 9.30 Å². The van der Waals surface area contributed by atoms with Crippen LogP contribution in [0.4, 0.5) is 0 Å². The molecule has 1 fully saturated rings. The Labute approximate surface area is 188 Å². The van der Waals surface area contributed by atoms with Gasteiger partial charge in [-0.05, 0) is 67.0 Å². The number of halogens is 2. The van der Waals surface area contributed by atoms with Crippen molar-refractivity contribution in [1.29, 1.82) is 5.26 Å². The van der Waals surface area contributed by atoms with Crippen LogP contribution in [0.1, 0.15) is 41.7 Å². The summed E-state index contributed by atoms with van der Waals surface area (Å²) < 4.78 is 8.87. The number of benzene rings is 1. The molecule has 3 aromatic rings. The molecular weight excluding hydrogens is 439 g/mol. The predicted octanol–water partition coefficient (Wildman–Crippen LogP) is 4.37. The average Bonchev–Trinajstić information content (AvgIpc) is 3.42. The summed E-state index contributed by atoms with van der Waals surface area (Å²) in [6, 6.07) is 9.42. The molecule has 1 aliphatic carbocycles. The van der Waals surface area contributed by atoms with Gasteiger partial charge >= 0.3 is 5.97 Å². The lowest BCUT2D eigenvalue weighted by Gasteiger charge is -2.12. The Bertz CT molecular complexity index is 1230. The number of aromatic nitrogens is 5. The average molecular weight is 457 g/mol. The van der Waals surface area contributed by atoms with E-state index in [1.54, 1.807) is 10.7 Å². The minimum Gasteiger partial charge on any atom is -0.453 e. The molecule has 158 valence electrons. The molecule has 4 rings (SSSR count). The van der Waals surface area contributed by atoms with E-state index in [4.69, 9.17) is 27.9 Å². The molecule has 0 radical (unpaired) electrons. The highest BCUT2D eigenvalue weighted by atomic mass is 35.5. The smallest absolute Gasteiger partial charge is 0.349 e. The summed E-state index contributed by atoms with van der Waals surface area (Å²) in [5.74, 6) is -0.277. The third-order valence-corrected chi connectivity index (χ3v) is 5.88. The van der Waals surface area contributed by atoms with Crippen LogP contribution < -0.4 is 0 Å². The van der Waals surface area contributed by atoms with Crippen LogP contribution in [0.15, 0.2) is 29.8 Å². The van der Waals surface area contributed by atoms with Crippen LogP contribution in [0.2, 0.25) is 10.0 Å². The molecular formula is C21H18Cl2N6O2. The number of carbonyl (C=O) groups excluding carboxylic acids is 1. The largest absolute Gasteiger partial charge is 0.453 e. The number of carbonyl (C=O) groups is 1. The van der Waals surface area contributed by atoms with Gasteiger partial charge in [0.1, 0.15) is 11.6 Å². The van der Waals surface area contributed by atoms with Gasteiger partial charge in [-0.1, -0.05) is 29.3 Å². The molecule has 8 nitrogen and oxygen atoms in total. The van der Waals surface area contributed by atoms with E-state index in [9.17, 15) is 10.1 Å². The maximum absolute atomic E-state index is 12.5. The second kappa shape index (κ2) is 8.53. The summed E-state index contributed by atoms with van der Waals surface area (Å²) in [5, 5.41) is 21.8. The van der Waals surface area contributed by atoms with Crippen LogP contribution in [0.3, 0.4) is 0 Å². The number of hydrogen-bond donors (Lipinski definition) is 0. The first-order chi connectivity index (χ1) is 14.9. The Morgan fingerprint density at radius 3 is 2.84 bits per heavy atom. The summed E-state index contributed by atoms with van der Waals surface area (Å²) in [6.07, 6.45) is 3.51. The first-order valence-electron chi connectivity index (χ1n) is 9.59. The van der Waals surface area contributed by atoms with Crippen molar-refractivity contribution in [3.8, 4) is 11.8 Å². The number of aryl methyl sites for hydroxylation is 1. The highest BCUT2D eigenvalue weighted by molar-refractivity contribution is 6.43. The van der Waals surface area contributed by atoms with Crippen LogP contribution in [0.5, 0.6) is 0 Å². The van der Waals surface area contributed by atoms with Gasteiger partial charge in [-0.3, -0.25) is 0 Å². The molecule has 1 saturated carbocycles. The number of nitrogens with zero attached hydrogens (tertiary/aromatic N) is 6. The fraction of sp³-hybridized carbons (Fsp3) is 0.286. The lowest BCUT2D eigenvalue weighted by atomic mass is 10.1. The van der Waals surface area contributed by atoms with Crippen LogP contribution in [-0.2, 0) is 16.1 Å². The van der Waals surface area contributed by atoms with Crippen molar-refractivity contribution in [1.82, 2.24) is 24.8 Å². The summed E-state index contributed by atoms with van der Waals surface area (Å²) >= 11 is 12.5. The number of ether oxygens (including phenoxy) is 1. The molecule has 1 aliphatic rings. The Morgan fingerprint density at radius 1 is 1.35 bits per heavy atom. The normalized spacial score (nSPS) is 13.8. The second-order valence-corrected chi connectivity index (χ2v) is 8.04. The van der Waals surface area contributed by atoms with Crippen molar-refractivity contribution in [2.24, 2.45) is 0 Å². The van der Waals surface area contributed by atoms with Crippen LogP contribution in [0, 0.1) is 25.2 Å². The molecule has 0 aliphatic heterocycles. The zero-order valence-corrected chi connectivity index (χ0v) is 18.4. The van der Waals surface area contributed by atoms with Gasteiger partial charge in [-0.2, -0.15) is 5.26 Å². The van der Waals surface area contributed by atoms with Crippen LogP contribution in [-0.4, -0.2) is 30.7 Å². The highest BCUT2D eigenvalue weighted by Crippen LogP contribution is 2.34. The maximum Gasteiger partial charge on any atom is 0.349 e. The first-order valence-corrected chi connectivity index (χ1v) is 10.3. The monoisotopic (exact) mass is 456 g/mol. The number of nitriles is 1. The van der Waals surface area contributed by atoms with E-state index in [-0.39, 0.29) is 18.2 Å². The number of tetrazole rings is 1. The zero-order valence-electron chi connectivity index (χ0n) is 16.8. The molecule has 0 saturated heterocycles. The van der Waals surface area contributed by atoms with Crippen LogP contribution >= 0.6 is 23.2 Å². The summed E-state index contributed by atoms with van der Waals surface area (Å²) in [5.41, 5.74) is 2.98. The Balaban J connectivity index is 1.58. The van der Waals surface area contributed by atoms with E-state index in [0.29, 0.717) is 21.4 Å².